The van der Waals surface area contributed by atoms with Crippen LogP contribution in [0.1, 0.15) is 36.3 Å². The molecule has 21 nitrogen and oxygen atoms in total. The Labute approximate surface area is 306 Å². The third-order valence-corrected chi connectivity index (χ3v) is 9.24. The van der Waals surface area contributed by atoms with Crippen LogP contribution in [0.25, 0.3) is 0 Å². The number of carbonyl (C=O) groups excluding carboxylic acids is 3. The summed E-state index contributed by atoms with van der Waals surface area (Å²) in [6.45, 7) is 5.94. The summed E-state index contributed by atoms with van der Waals surface area (Å²) in [5, 5.41) is 23.7. The summed E-state index contributed by atoms with van der Waals surface area (Å²) in [5.41, 5.74) is 10.2. The second kappa shape index (κ2) is 16.2. The van der Waals surface area contributed by atoms with Gasteiger partial charge in [-0.05, 0) is 51.1 Å². The number of hydrogen-bond donors (Lipinski definition) is 7. The van der Waals surface area contributed by atoms with Crippen LogP contribution in [0.2, 0.25) is 0 Å². The van der Waals surface area contributed by atoms with Crippen molar-refractivity contribution in [2.75, 3.05) is 37.3 Å². The van der Waals surface area contributed by atoms with E-state index in [0.717, 1.165) is 37.4 Å². The molecule has 53 heavy (non-hydrogen) atoms. The second-order valence-electron chi connectivity index (χ2n) is 12.6. The SMILES string of the molecule is CC1(C)C(NC(=O)/C(=N\O[C@@H](COc2ccc(NC(=O)c3cn(CCCN)[n+](CC4CNC4)c3)cc2)C(=O)O)c2csc(N)n2)C(=O)N1OS(=O)(=O)O. The van der Waals surface area contributed by atoms with Crippen molar-refractivity contribution in [1.82, 2.24) is 25.4 Å². The smallest absolute Gasteiger partial charge is 0.418 e. The highest BCUT2D eigenvalue weighted by molar-refractivity contribution is 7.80. The maximum Gasteiger partial charge on any atom is 0.418 e. The van der Waals surface area contributed by atoms with Crippen LogP contribution in [-0.4, -0.2) is 106 Å². The van der Waals surface area contributed by atoms with Crippen molar-refractivity contribution >= 4 is 62.0 Å². The van der Waals surface area contributed by atoms with E-state index in [1.54, 1.807) is 24.5 Å². The minimum absolute atomic E-state index is 0.0392. The van der Waals surface area contributed by atoms with E-state index in [1.165, 1.54) is 31.4 Å². The molecule has 0 saturated carbocycles. The number of nitrogens with one attached hydrogen (secondary N) is 3. The number of carbonyl (C=O) groups is 4. The van der Waals surface area contributed by atoms with E-state index in [9.17, 15) is 32.7 Å². The van der Waals surface area contributed by atoms with Gasteiger partial charge < -0.3 is 42.1 Å². The molecule has 1 aromatic carbocycles. The normalized spacial score (nSPS) is 17.7. The van der Waals surface area contributed by atoms with E-state index in [-0.39, 0.29) is 22.5 Å². The molecule has 4 heterocycles. The quantitative estimate of drug-likeness (QED) is 0.0260. The van der Waals surface area contributed by atoms with Gasteiger partial charge in [-0.15, -0.1) is 20.3 Å². The molecule has 286 valence electrons. The Bertz CT molecular complexity index is 1980. The molecule has 5 rings (SSSR count). The number of thiazole rings is 1. The van der Waals surface area contributed by atoms with Gasteiger partial charge in [-0.25, -0.2) is 9.78 Å². The number of β-lactam (4-membered cyclic amide) rings is 1. The van der Waals surface area contributed by atoms with E-state index in [1.807, 2.05) is 9.36 Å². The molecule has 0 radical (unpaired) electrons. The Morgan fingerprint density at radius 3 is 2.53 bits per heavy atom. The first-order valence-corrected chi connectivity index (χ1v) is 18.3. The summed E-state index contributed by atoms with van der Waals surface area (Å²) in [6, 6.07) is 4.82. The van der Waals surface area contributed by atoms with Crippen molar-refractivity contribution in [3.63, 3.8) is 0 Å². The average Bonchev–Trinajstić information content (AvgIpc) is 3.70. The predicted octanol–water partition coefficient (Wildman–Crippen LogP) is -1.27. The van der Waals surface area contributed by atoms with Crippen LogP contribution < -0.4 is 36.8 Å². The molecule has 2 fully saturated rings. The Morgan fingerprint density at radius 1 is 1.25 bits per heavy atom. The summed E-state index contributed by atoms with van der Waals surface area (Å²) in [6.07, 6.45) is 2.61. The number of hydroxylamine groups is 2. The number of amides is 3. The first kappa shape index (κ1) is 39.0. The van der Waals surface area contributed by atoms with Crippen molar-refractivity contribution in [1.29, 1.82) is 0 Å². The van der Waals surface area contributed by atoms with Gasteiger partial charge in [-0.1, -0.05) is 5.16 Å². The Morgan fingerprint density at radius 2 is 1.96 bits per heavy atom. The monoisotopic (exact) mass is 779 g/mol. The number of anilines is 2. The van der Waals surface area contributed by atoms with Crippen molar-refractivity contribution in [2.24, 2.45) is 16.8 Å². The van der Waals surface area contributed by atoms with Gasteiger partial charge in [-0.3, -0.25) is 18.9 Å². The molecule has 2 aromatic heterocycles. The number of hydrogen-bond acceptors (Lipinski definition) is 15. The zero-order valence-corrected chi connectivity index (χ0v) is 30.1. The maximum absolute atomic E-state index is 13.3. The number of aryl methyl sites for hydroxylation is 1. The number of nitrogens with two attached hydrogens (primary N) is 2. The molecule has 0 spiro atoms. The lowest BCUT2D eigenvalue weighted by Gasteiger charge is -2.50. The van der Waals surface area contributed by atoms with Crippen molar-refractivity contribution in [3.8, 4) is 5.75 Å². The summed E-state index contributed by atoms with van der Waals surface area (Å²) in [5.74, 6) is -3.16. The zero-order valence-electron chi connectivity index (χ0n) is 28.5. The fraction of sp³-hybridized carbons (Fsp3) is 0.433. The number of rotatable bonds is 18. The van der Waals surface area contributed by atoms with E-state index in [2.05, 4.69) is 30.4 Å². The molecule has 1 unspecified atom stereocenters. The van der Waals surface area contributed by atoms with Crippen molar-refractivity contribution in [2.45, 2.75) is 51.0 Å². The van der Waals surface area contributed by atoms with Gasteiger partial charge in [0.05, 0.1) is 18.3 Å². The van der Waals surface area contributed by atoms with Gasteiger partial charge in [0.15, 0.2) is 17.4 Å². The van der Waals surface area contributed by atoms with E-state index >= 15 is 0 Å². The van der Waals surface area contributed by atoms with E-state index < -0.39 is 58.2 Å². The first-order valence-electron chi connectivity index (χ1n) is 16.1. The number of nitrogens with zero attached hydrogens (tertiary/aromatic N) is 5. The highest BCUT2D eigenvalue weighted by Gasteiger charge is 2.58. The Balaban J connectivity index is 1.21. The Kier molecular flexibility index (Phi) is 11.9. The summed E-state index contributed by atoms with van der Waals surface area (Å²) >= 11 is 0.942. The molecule has 0 bridgehead atoms. The van der Waals surface area contributed by atoms with Gasteiger partial charge in [0.25, 0.3) is 23.8 Å². The highest BCUT2D eigenvalue weighted by atomic mass is 32.3. The molecule has 9 N–H and O–H groups in total. The molecule has 3 aromatic rings. The third-order valence-electron chi connectivity index (χ3n) is 8.23. The van der Waals surface area contributed by atoms with Gasteiger partial charge in [0.1, 0.15) is 29.7 Å². The topological polar surface area (TPSA) is 296 Å². The summed E-state index contributed by atoms with van der Waals surface area (Å²) < 4.78 is 45.1. The van der Waals surface area contributed by atoms with Gasteiger partial charge in [0, 0.05) is 30.1 Å². The molecule has 2 aliphatic rings. The Hall–Kier alpha value is -5.20. The van der Waals surface area contributed by atoms with Gasteiger partial charge in [-0.2, -0.15) is 18.2 Å². The number of aromatic nitrogens is 3. The van der Waals surface area contributed by atoms with Crippen LogP contribution >= 0.6 is 11.3 Å². The molecule has 0 aliphatic carbocycles. The number of nitrogen functional groups attached to an aromatic ring is 1. The average molecular weight is 780 g/mol. The standard InChI is InChI=1S/C30H38N10O11S2/c1-30(2)24(27(43)40(30)51-53(46,47)48)36-26(42)23(21-16-52-29(32)35-21)37-50-22(28(44)45)15-49-20-6-4-19(5-7-20)34-25(41)18-13-38(9-3-8-31)39(14-18)12-17-10-33-11-17/h4-7,13-14,16-17,22,24,33H,3,8-12,15,31H2,1-2H3,(H5-,32,34,35,36,41,42,44,45,46,47,48)/p+1/b37-23-/t22-,24?/m0/s1. The highest BCUT2D eigenvalue weighted by Crippen LogP contribution is 2.33. The molecular weight excluding hydrogens is 741 g/mol. The molecule has 2 atom stereocenters. The van der Waals surface area contributed by atoms with Gasteiger partial charge >= 0.3 is 16.4 Å². The number of carboxylic acid groups (broad SMARTS) is 1. The molecule has 2 aliphatic heterocycles. The van der Waals surface area contributed by atoms with Crippen LogP contribution in [0.3, 0.4) is 0 Å². The molecule has 23 heteroatoms. The predicted molar refractivity (Wildman–Crippen MR) is 186 cm³/mol. The maximum atomic E-state index is 13.3. The van der Waals surface area contributed by atoms with Crippen LogP contribution in [-0.2, 0) is 47.0 Å². The van der Waals surface area contributed by atoms with Crippen LogP contribution in [0.5, 0.6) is 5.75 Å². The zero-order chi connectivity index (χ0) is 38.5. The van der Waals surface area contributed by atoms with E-state index in [0.29, 0.717) is 35.3 Å². The van der Waals surface area contributed by atoms with Crippen LogP contribution in [0.15, 0.2) is 47.2 Å². The third kappa shape index (κ3) is 9.62. The molecule has 3 amide bonds. The molecular formula is C30H39N10O11S2+. The van der Waals surface area contributed by atoms with Crippen molar-refractivity contribution < 1.29 is 55.8 Å². The van der Waals surface area contributed by atoms with Gasteiger partial charge in [0.2, 0.25) is 6.20 Å². The number of carboxylic acids is 1. The van der Waals surface area contributed by atoms with E-state index in [4.69, 9.17) is 25.6 Å². The lowest BCUT2D eigenvalue weighted by Crippen LogP contribution is -2.76. The second-order valence-corrected chi connectivity index (χ2v) is 14.5. The minimum atomic E-state index is -5.04. The molecule has 2 saturated heterocycles. The number of benzene rings is 1. The minimum Gasteiger partial charge on any atom is -0.489 e. The van der Waals surface area contributed by atoms with Crippen molar-refractivity contribution in [3.05, 3.63) is 53.3 Å². The lowest BCUT2D eigenvalue weighted by molar-refractivity contribution is -0.781. The number of aliphatic carboxylic acids is 1. The summed E-state index contributed by atoms with van der Waals surface area (Å²) in [7, 11) is -5.04. The first-order chi connectivity index (χ1) is 25.0. The fourth-order valence-electron chi connectivity index (χ4n) is 5.26. The largest absolute Gasteiger partial charge is 0.489 e. The number of ether oxygens (including phenoxy) is 1. The lowest BCUT2D eigenvalue weighted by atomic mass is 9.84. The fourth-order valence-corrected chi connectivity index (χ4v) is 6.26. The van der Waals surface area contributed by atoms with Crippen LogP contribution in [0, 0.1) is 5.92 Å². The number of oxime groups is 1. The summed E-state index contributed by atoms with van der Waals surface area (Å²) in [4.78, 5) is 60.1. The van der Waals surface area contributed by atoms with Crippen LogP contribution in [0.4, 0.5) is 10.8 Å².